The molecule has 102 valence electrons. The summed E-state index contributed by atoms with van der Waals surface area (Å²) >= 11 is 0. The Balaban J connectivity index is 1.69. The second-order valence-electron chi connectivity index (χ2n) is 6.13. The zero-order valence-electron chi connectivity index (χ0n) is 11.8. The van der Waals surface area contributed by atoms with Crippen LogP contribution >= 0.6 is 0 Å². The molecule has 0 radical (unpaired) electrons. The molecule has 3 heteroatoms. The Labute approximate surface area is 115 Å². The van der Waals surface area contributed by atoms with Gasteiger partial charge in [-0.15, -0.1) is 0 Å². The normalized spacial score (nSPS) is 26.4. The molecular weight excluding hydrogens is 236 g/mol. The second kappa shape index (κ2) is 4.97. The van der Waals surface area contributed by atoms with Gasteiger partial charge < -0.3 is 10.2 Å². The molecular formula is C16H22N2O. The largest absolute Gasteiger partial charge is 0.326 e. The van der Waals surface area contributed by atoms with E-state index in [4.69, 9.17) is 0 Å². The molecule has 1 N–H and O–H groups in total. The minimum absolute atomic E-state index is 0.123. The summed E-state index contributed by atoms with van der Waals surface area (Å²) in [5, 5.41) is 3.10. The van der Waals surface area contributed by atoms with Crippen molar-refractivity contribution in [2.24, 2.45) is 11.8 Å². The lowest BCUT2D eigenvalue weighted by Crippen LogP contribution is -2.28. The maximum Gasteiger partial charge on any atom is 0.229 e. The summed E-state index contributed by atoms with van der Waals surface area (Å²) in [6.07, 6.45) is 3.59. The fraction of sp³-hybridized carbons (Fsp3) is 0.562. The van der Waals surface area contributed by atoms with Crippen LogP contribution in [0.15, 0.2) is 18.2 Å². The quantitative estimate of drug-likeness (QED) is 0.883. The molecule has 19 heavy (non-hydrogen) atoms. The van der Waals surface area contributed by atoms with E-state index >= 15 is 0 Å². The number of likely N-dealkylation sites (tertiary alicyclic amines) is 1. The molecule has 3 nitrogen and oxygen atoms in total. The number of nitrogens with one attached hydrogen (secondary N) is 1. The van der Waals surface area contributed by atoms with Crippen LogP contribution in [-0.4, -0.2) is 30.9 Å². The predicted molar refractivity (Wildman–Crippen MR) is 77.2 cm³/mol. The molecule has 0 aromatic heterocycles. The van der Waals surface area contributed by atoms with Gasteiger partial charge in [0, 0.05) is 18.8 Å². The monoisotopic (exact) mass is 258 g/mol. The van der Waals surface area contributed by atoms with Crippen LogP contribution in [0, 0.1) is 11.8 Å². The molecule has 3 rings (SSSR count). The Morgan fingerprint density at radius 1 is 1.26 bits per heavy atom. The minimum atomic E-state index is 0.123. The van der Waals surface area contributed by atoms with E-state index in [1.165, 1.54) is 24.0 Å². The van der Waals surface area contributed by atoms with E-state index in [0.717, 1.165) is 25.2 Å². The number of carbonyl (C=O) groups is 1. The van der Waals surface area contributed by atoms with Crippen LogP contribution in [0.2, 0.25) is 0 Å². The summed E-state index contributed by atoms with van der Waals surface area (Å²) in [4.78, 5) is 14.6. The predicted octanol–water partition coefficient (Wildman–Crippen LogP) is 2.31. The Bertz CT molecular complexity index is 498. The Kier molecular flexibility index (Phi) is 3.31. The molecule has 0 saturated carbocycles. The van der Waals surface area contributed by atoms with Gasteiger partial charge in [-0.2, -0.15) is 0 Å². The van der Waals surface area contributed by atoms with Gasteiger partial charge in [-0.1, -0.05) is 13.0 Å². The summed E-state index contributed by atoms with van der Waals surface area (Å²) in [5.41, 5.74) is 3.83. The fourth-order valence-corrected chi connectivity index (χ4v) is 3.43. The van der Waals surface area contributed by atoms with E-state index in [0.29, 0.717) is 5.92 Å². The number of aryl methyl sites for hydroxylation is 2. The van der Waals surface area contributed by atoms with Gasteiger partial charge in [0.05, 0.1) is 5.92 Å². The number of anilines is 1. The Morgan fingerprint density at radius 2 is 2.05 bits per heavy atom. The van der Waals surface area contributed by atoms with E-state index < -0.39 is 0 Å². The number of hydrogen-bond donors (Lipinski definition) is 1. The highest BCUT2D eigenvalue weighted by molar-refractivity contribution is 5.93. The van der Waals surface area contributed by atoms with Crippen molar-refractivity contribution in [3.8, 4) is 0 Å². The number of fused-ring (bicyclic) bond motifs is 1. The molecule has 1 saturated heterocycles. The highest BCUT2D eigenvalue weighted by Crippen LogP contribution is 2.27. The van der Waals surface area contributed by atoms with Gasteiger partial charge in [0.1, 0.15) is 0 Å². The SMILES string of the molecule is C[C@H]1CN(C)C[C@H]1C(=O)Nc1ccc2c(c1)CCC2. The maximum absolute atomic E-state index is 12.3. The number of carbonyl (C=O) groups excluding carboxylic acids is 1. The van der Waals surface area contributed by atoms with Gasteiger partial charge in [0.2, 0.25) is 5.91 Å². The van der Waals surface area contributed by atoms with Gasteiger partial charge in [-0.05, 0) is 55.5 Å². The third-order valence-electron chi connectivity index (χ3n) is 4.50. The summed E-state index contributed by atoms with van der Waals surface area (Å²) < 4.78 is 0. The fourth-order valence-electron chi connectivity index (χ4n) is 3.43. The smallest absolute Gasteiger partial charge is 0.229 e. The topological polar surface area (TPSA) is 32.3 Å². The standard InChI is InChI=1S/C16H22N2O/c1-11-9-18(2)10-15(11)16(19)17-14-7-6-12-4-3-5-13(12)8-14/h6-8,11,15H,3-5,9-10H2,1-2H3,(H,17,19)/t11-,15+/m0/s1. The highest BCUT2D eigenvalue weighted by atomic mass is 16.2. The summed E-state index contributed by atoms with van der Waals surface area (Å²) in [7, 11) is 2.08. The molecule has 2 atom stereocenters. The number of amides is 1. The van der Waals surface area contributed by atoms with Crippen LogP contribution in [0.1, 0.15) is 24.5 Å². The van der Waals surface area contributed by atoms with E-state index in [1.54, 1.807) is 0 Å². The van der Waals surface area contributed by atoms with Gasteiger partial charge in [-0.3, -0.25) is 4.79 Å². The van der Waals surface area contributed by atoms with E-state index in [1.807, 2.05) is 6.07 Å². The molecule has 1 aliphatic carbocycles. The molecule has 2 aliphatic rings. The van der Waals surface area contributed by atoms with E-state index in [2.05, 4.69) is 36.3 Å². The van der Waals surface area contributed by atoms with Crippen LogP contribution in [-0.2, 0) is 17.6 Å². The van der Waals surface area contributed by atoms with Crippen LogP contribution in [0.5, 0.6) is 0 Å². The lowest BCUT2D eigenvalue weighted by atomic mass is 9.97. The zero-order chi connectivity index (χ0) is 13.4. The van der Waals surface area contributed by atoms with Crippen molar-refractivity contribution in [1.82, 2.24) is 4.90 Å². The lowest BCUT2D eigenvalue weighted by molar-refractivity contribution is -0.120. The molecule has 1 aromatic rings. The molecule has 0 unspecified atom stereocenters. The zero-order valence-corrected chi connectivity index (χ0v) is 11.8. The summed E-state index contributed by atoms with van der Waals surface area (Å²) in [6, 6.07) is 6.37. The third-order valence-corrected chi connectivity index (χ3v) is 4.50. The average molecular weight is 258 g/mol. The van der Waals surface area contributed by atoms with E-state index in [-0.39, 0.29) is 11.8 Å². The van der Waals surface area contributed by atoms with Gasteiger partial charge in [0.25, 0.3) is 0 Å². The van der Waals surface area contributed by atoms with E-state index in [9.17, 15) is 4.79 Å². The minimum Gasteiger partial charge on any atom is -0.326 e. The highest BCUT2D eigenvalue weighted by Gasteiger charge is 2.32. The molecule has 1 fully saturated rings. The summed E-state index contributed by atoms with van der Waals surface area (Å²) in [5.74, 6) is 0.743. The number of rotatable bonds is 2. The van der Waals surface area contributed by atoms with Crippen molar-refractivity contribution >= 4 is 11.6 Å². The molecule has 0 bridgehead atoms. The van der Waals surface area contributed by atoms with Crippen molar-refractivity contribution < 1.29 is 4.79 Å². The van der Waals surface area contributed by atoms with Gasteiger partial charge >= 0.3 is 0 Å². The summed E-state index contributed by atoms with van der Waals surface area (Å²) in [6.45, 7) is 4.05. The number of benzene rings is 1. The third kappa shape index (κ3) is 2.52. The first-order chi connectivity index (χ1) is 9.13. The van der Waals surface area contributed by atoms with Crippen molar-refractivity contribution in [2.75, 3.05) is 25.5 Å². The molecule has 1 heterocycles. The maximum atomic E-state index is 12.3. The van der Waals surface area contributed by atoms with Gasteiger partial charge in [0.15, 0.2) is 0 Å². The van der Waals surface area contributed by atoms with Crippen molar-refractivity contribution in [3.63, 3.8) is 0 Å². The first-order valence-electron chi connectivity index (χ1n) is 7.24. The van der Waals surface area contributed by atoms with Crippen LogP contribution in [0.4, 0.5) is 5.69 Å². The van der Waals surface area contributed by atoms with Crippen LogP contribution in [0.25, 0.3) is 0 Å². The first kappa shape index (κ1) is 12.7. The number of nitrogens with zero attached hydrogens (tertiary/aromatic N) is 1. The Morgan fingerprint density at radius 3 is 2.79 bits per heavy atom. The van der Waals surface area contributed by atoms with Crippen molar-refractivity contribution in [2.45, 2.75) is 26.2 Å². The number of hydrogen-bond acceptors (Lipinski definition) is 2. The average Bonchev–Trinajstić information content (AvgIpc) is 2.94. The molecule has 0 spiro atoms. The molecule has 1 aromatic carbocycles. The van der Waals surface area contributed by atoms with Crippen LogP contribution < -0.4 is 5.32 Å². The van der Waals surface area contributed by atoms with Gasteiger partial charge in [-0.25, -0.2) is 0 Å². The molecule has 1 aliphatic heterocycles. The molecule has 1 amide bonds. The van der Waals surface area contributed by atoms with Crippen LogP contribution in [0.3, 0.4) is 0 Å². The Hall–Kier alpha value is -1.35. The first-order valence-corrected chi connectivity index (χ1v) is 7.24. The second-order valence-corrected chi connectivity index (χ2v) is 6.13. The lowest BCUT2D eigenvalue weighted by Gasteiger charge is -2.15. The van der Waals surface area contributed by atoms with Crippen molar-refractivity contribution in [1.29, 1.82) is 0 Å². The van der Waals surface area contributed by atoms with Crippen molar-refractivity contribution in [3.05, 3.63) is 29.3 Å².